The topological polar surface area (TPSA) is 102 Å². The molecule has 2 atom stereocenters. The molecule has 0 fully saturated rings. The van der Waals surface area contributed by atoms with Crippen LogP contribution in [-0.4, -0.2) is 41.6 Å². The molecule has 0 saturated heterocycles. The molecule has 0 radical (unpaired) electrons. The summed E-state index contributed by atoms with van der Waals surface area (Å²) >= 11 is 0. The van der Waals surface area contributed by atoms with Gasteiger partial charge in [-0.1, -0.05) is 32.8 Å². The number of rotatable bonds is 10. The fourth-order valence-electron chi connectivity index (χ4n) is 2.30. The smallest absolute Gasteiger partial charge is 0.408 e. The molecule has 0 aliphatic heterocycles. The zero-order chi connectivity index (χ0) is 20.4. The van der Waals surface area contributed by atoms with Crippen LogP contribution in [0.4, 0.5) is 4.79 Å². The molecule has 0 aromatic carbocycles. The van der Waals surface area contributed by atoms with Gasteiger partial charge in [0.05, 0.1) is 13.3 Å². The summed E-state index contributed by atoms with van der Waals surface area (Å²) in [6, 6.07) is 0. The highest BCUT2D eigenvalue weighted by atomic mass is 31.2. The van der Waals surface area contributed by atoms with Gasteiger partial charge in [0.1, 0.15) is 11.4 Å². The third kappa shape index (κ3) is 9.97. The van der Waals surface area contributed by atoms with Gasteiger partial charge in [0, 0.05) is 5.57 Å². The van der Waals surface area contributed by atoms with Gasteiger partial charge in [-0.05, 0) is 40.0 Å². The monoisotopic (exact) mass is 391 g/mol. The van der Waals surface area contributed by atoms with Crippen molar-refractivity contribution in [2.75, 3.05) is 13.3 Å². The first-order chi connectivity index (χ1) is 12.0. The molecule has 1 amide bonds. The predicted octanol–water partition coefficient (Wildman–Crippen LogP) is 4.20. The fraction of sp³-hybridized carbons (Fsp3) is 0.778. The summed E-state index contributed by atoms with van der Waals surface area (Å²) in [4.78, 5) is 34.3. The molecule has 0 saturated carbocycles. The molecule has 0 heterocycles. The van der Waals surface area contributed by atoms with Gasteiger partial charge in [0.15, 0.2) is 0 Å². The van der Waals surface area contributed by atoms with Crippen molar-refractivity contribution in [3.05, 3.63) is 11.6 Å². The number of ether oxygens (including phenoxy) is 2. The molecule has 0 aromatic rings. The van der Waals surface area contributed by atoms with Crippen molar-refractivity contribution in [1.82, 2.24) is 5.32 Å². The van der Waals surface area contributed by atoms with E-state index in [-0.39, 0.29) is 18.2 Å². The number of nitrogens with one attached hydrogen (secondary N) is 1. The second-order valence-electron chi connectivity index (χ2n) is 7.20. The number of amides is 1. The van der Waals surface area contributed by atoms with Crippen LogP contribution in [0.25, 0.3) is 0 Å². The Kier molecular flexibility index (Phi) is 10.8. The van der Waals surface area contributed by atoms with Crippen molar-refractivity contribution in [2.45, 2.75) is 78.1 Å². The van der Waals surface area contributed by atoms with Crippen LogP contribution in [0.15, 0.2) is 11.6 Å². The summed E-state index contributed by atoms with van der Waals surface area (Å²) < 4.78 is 22.7. The van der Waals surface area contributed by atoms with Crippen LogP contribution in [0.2, 0.25) is 0 Å². The third-order valence-corrected chi connectivity index (χ3v) is 5.86. The van der Waals surface area contributed by atoms with Crippen LogP contribution in [-0.2, 0) is 18.8 Å². The Morgan fingerprint density at radius 1 is 1.23 bits per heavy atom. The number of alkyl carbamates (subject to hydrolysis) is 1. The summed E-state index contributed by atoms with van der Waals surface area (Å²) in [7, 11) is -2.65. The zero-order valence-electron chi connectivity index (χ0n) is 16.8. The van der Waals surface area contributed by atoms with E-state index in [1.54, 1.807) is 33.8 Å². The quantitative estimate of drug-likeness (QED) is 0.250. The van der Waals surface area contributed by atoms with Crippen LogP contribution < -0.4 is 5.32 Å². The van der Waals surface area contributed by atoms with E-state index in [2.05, 4.69) is 12.2 Å². The average Bonchev–Trinajstić information content (AvgIpc) is 2.52. The van der Waals surface area contributed by atoms with E-state index in [0.717, 1.165) is 19.3 Å². The molecule has 0 aliphatic rings. The van der Waals surface area contributed by atoms with Crippen LogP contribution in [0, 0.1) is 0 Å². The Bertz CT molecular complexity index is 538. The molecule has 0 rings (SSSR count). The van der Waals surface area contributed by atoms with Gasteiger partial charge in [-0.3, -0.25) is 4.57 Å². The molecule has 8 heteroatoms. The summed E-state index contributed by atoms with van der Waals surface area (Å²) in [6.45, 7) is 8.89. The lowest BCUT2D eigenvalue weighted by Crippen LogP contribution is -2.39. The van der Waals surface area contributed by atoms with Gasteiger partial charge >= 0.3 is 12.1 Å². The lowest BCUT2D eigenvalue weighted by Gasteiger charge is -2.26. The average molecular weight is 391 g/mol. The van der Waals surface area contributed by atoms with E-state index in [9.17, 15) is 19.0 Å². The SMILES string of the molecule is CCCCCC=C(CP(=O)(O)C(CC)NC(=O)OC(C)(C)C)C(=O)OC. The number of esters is 1. The van der Waals surface area contributed by atoms with Crippen LogP contribution >= 0.6 is 7.37 Å². The van der Waals surface area contributed by atoms with Crippen LogP contribution in [0.5, 0.6) is 0 Å². The van der Waals surface area contributed by atoms with Crippen molar-refractivity contribution >= 4 is 19.4 Å². The van der Waals surface area contributed by atoms with Crippen molar-refractivity contribution in [3.63, 3.8) is 0 Å². The Morgan fingerprint density at radius 3 is 2.31 bits per heavy atom. The van der Waals surface area contributed by atoms with E-state index < -0.39 is 30.8 Å². The first-order valence-electron chi connectivity index (χ1n) is 9.05. The molecule has 0 aromatic heterocycles. The molecule has 7 nitrogen and oxygen atoms in total. The Morgan fingerprint density at radius 2 is 1.85 bits per heavy atom. The van der Waals surface area contributed by atoms with Crippen molar-refractivity contribution in [3.8, 4) is 0 Å². The molecular formula is C18H34NO6P. The molecule has 26 heavy (non-hydrogen) atoms. The summed E-state index contributed by atoms with van der Waals surface area (Å²) in [5.41, 5.74) is -0.545. The van der Waals surface area contributed by atoms with Gasteiger partial charge in [-0.15, -0.1) is 0 Å². The minimum absolute atomic E-state index is 0.166. The summed E-state index contributed by atoms with van der Waals surface area (Å²) in [5.74, 6) is -1.62. The van der Waals surface area contributed by atoms with Gasteiger partial charge in [-0.25, -0.2) is 9.59 Å². The number of methoxy groups -OCH3 is 1. The minimum Gasteiger partial charge on any atom is -0.466 e. The Labute approximate surface area is 157 Å². The van der Waals surface area contributed by atoms with Crippen molar-refractivity contribution in [2.24, 2.45) is 0 Å². The Balaban J connectivity index is 5.16. The van der Waals surface area contributed by atoms with Crippen molar-refractivity contribution in [1.29, 1.82) is 0 Å². The molecule has 2 unspecified atom stereocenters. The first-order valence-corrected chi connectivity index (χ1v) is 11.0. The maximum absolute atomic E-state index is 12.8. The van der Waals surface area contributed by atoms with Crippen LogP contribution in [0.1, 0.15) is 66.7 Å². The van der Waals surface area contributed by atoms with Gasteiger partial charge in [-0.2, -0.15) is 0 Å². The molecule has 0 aliphatic carbocycles. The van der Waals surface area contributed by atoms with E-state index >= 15 is 0 Å². The Hall–Kier alpha value is -1.33. The van der Waals surface area contributed by atoms with Crippen molar-refractivity contribution < 1.29 is 28.5 Å². The number of hydrogen-bond acceptors (Lipinski definition) is 5. The summed E-state index contributed by atoms with van der Waals surface area (Å²) in [5, 5.41) is 2.45. The fourth-order valence-corrected chi connectivity index (χ4v) is 4.14. The lowest BCUT2D eigenvalue weighted by atomic mass is 10.1. The molecule has 0 bridgehead atoms. The normalized spacial score (nSPS) is 15.7. The number of carbonyl (C=O) groups is 2. The summed E-state index contributed by atoms with van der Waals surface area (Å²) in [6.07, 6.45) is 4.36. The largest absolute Gasteiger partial charge is 0.466 e. The van der Waals surface area contributed by atoms with Gasteiger partial charge in [0.25, 0.3) is 0 Å². The standard InChI is InChI=1S/C18H34NO6P/c1-7-9-10-11-12-14(16(20)24-6)13-26(22,23)15(8-2)19-17(21)25-18(3,4)5/h12,15H,7-11,13H2,1-6H3,(H,19,21)(H,22,23). The third-order valence-electron chi connectivity index (χ3n) is 3.60. The maximum atomic E-state index is 12.8. The predicted molar refractivity (Wildman–Crippen MR) is 102 cm³/mol. The van der Waals surface area contributed by atoms with E-state index in [1.165, 1.54) is 7.11 Å². The van der Waals surface area contributed by atoms with E-state index in [1.807, 2.05) is 0 Å². The molecule has 0 spiro atoms. The highest BCUT2D eigenvalue weighted by molar-refractivity contribution is 7.59. The van der Waals surface area contributed by atoms with E-state index in [4.69, 9.17) is 9.47 Å². The second-order valence-corrected chi connectivity index (χ2v) is 9.65. The van der Waals surface area contributed by atoms with Gasteiger partial charge < -0.3 is 19.7 Å². The number of hydrogen-bond donors (Lipinski definition) is 2. The first kappa shape index (κ1) is 24.7. The highest BCUT2D eigenvalue weighted by Gasteiger charge is 2.34. The molecule has 152 valence electrons. The second kappa shape index (κ2) is 11.4. The zero-order valence-corrected chi connectivity index (χ0v) is 17.7. The van der Waals surface area contributed by atoms with Crippen LogP contribution in [0.3, 0.4) is 0 Å². The van der Waals surface area contributed by atoms with Gasteiger partial charge in [0.2, 0.25) is 7.37 Å². The number of unbranched alkanes of at least 4 members (excludes halogenated alkanes) is 3. The highest BCUT2D eigenvalue weighted by Crippen LogP contribution is 2.48. The number of carbonyl (C=O) groups excluding carboxylic acids is 2. The molecule has 2 N–H and O–H groups in total. The maximum Gasteiger partial charge on any atom is 0.408 e. The number of allylic oxidation sites excluding steroid dienone is 1. The van der Waals surface area contributed by atoms with E-state index in [0.29, 0.717) is 6.42 Å². The molecular weight excluding hydrogens is 357 g/mol. The lowest BCUT2D eigenvalue weighted by molar-refractivity contribution is -0.136. The minimum atomic E-state index is -3.88.